The van der Waals surface area contributed by atoms with Gasteiger partial charge in [-0.05, 0) is 6.42 Å². The summed E-state index contributed by atoms with van der Waals surface area (Å²) in [6, 6.07) is 0.449. The smallest absolute Gasteiger partial charge is 0.0377 e. The molecular weight excluding hydrogens is 134 g/mol. The van der Waals surface area contributed by atoms with Crippen LogP contribution in [0.1, 0.15) is 13.3 Å². The molecule has 1 atom stereocenters. The van der Waals surface area contributed by atoms with E-state index in [4.69, 9.17) is 11.6 Å². The van der Waals surface area contributed by atoms with Gasteiger partial charge in [-0.1, -0.05) is 13.0 Å². The van der Waals surface area contributed by atoms with Crippen LogP contribution in [0.3, 0.4) is 0 Å². The first-order valence-corrected chi connectivity index (χ1v) is 3.78. The number of hydrogen-bond donors (Lipinski definition) is 1. The fourth-order valence-electron chi connectivity index (χ4n) is 0.558. The molecule has 2 heteroatoms. The first kappa shape index (κ1) is 8.99. The fourth-order valence-corrected chi connectivity index (χ4v) is 0.885. The molecule has 1 N–H and O–H groups in total. The number of halogens is 1. The Kier molecular flexibility index (Phi) is 6.11. The van der Waals surface area contributed by atoms with Crippen LogP contribution in [0.4, 0.5) is 0 Å². The molecule has 54 valence electrons. The minimum atomic E-state index is 0.449. The van der Waals surface area contributed by atoms with Crippen LogP contribution >= 0.6 is 11.6 Å². The van der Waals surface area contributed by atoms with E-state index < -0.39 is 0 Å². The molecule has 0 aliphatic carbocycles. The van der Waals surface area contributed by atoms with Gasteiger partial charge in [0.2, 0.25) is 0 Å². The van der Waals surface area contributed by atoms with Crippen LogP contribution in [0.2, 0.25) is 0 Å². The molecule has 0 aliphatic rings. The SMILES string of the molecule is C=CCNC(CC)CCl. The monoisotopic (exact) mass is 147 g/mol. The van der Waals surface area contributed by atoms with Gasteiger partial charge in [-0.15, -0.1) is 18.2 Å². The third kappa shape index (κ3) is 4.49. The van der Waals surface area contributed by atoms with Crippen molar-refractivity contribution < 1.29 is 0 Å². The van der Waals surface area contributed by atoms with Crippen LogP contribution in [0.25, 0.3) is 0 Å². The van der Waals surface area contributed by atoms with E-state index in [1.807, 2.05) is 6.08 Å². The number of alkyl halides is 1. The lowest BCUT2D eigenvalue weighted by Gasteiger charge is -2.10. The minimum Gasteiger partial charge on any atom is -0.309 e. The zero-order valence-electron chi connectivity index (χ0n) is 5.86. The van der Waals surface area contributed by atoms with E-state index in [-0.39, 0.29) is 0 Å². The largest absolute Gasteiger partial charge is 0.309 e. The summed E-state index contributed by atoms with van der Waals surface area (Å²) in [5.74, 6) is 0.685. The van der Waals surface area contributed by atoms with Gasteiger partial charge in [0.15, 0.2) is 0 Å². The molecule has 1 unspecified atom stereocenters. The number of rotatable bonds is 5. The van der Waals surface area contributed by atoms with E-state index in [2.05, 4.69) is 18.8 Å². The molecule has 0 saturated heterocycles. The Morgan fingerprint density at radius 2 is 2.44 bits per heavy atom. The lowest BCUT2D eigenvalue weighted by molar-refractivity contribution is 0.572. The average molecular weight is 148 g/mol. The molecule has 0 fully saturated rings. The van der Waals surface area contributed by atoms with Gasteiger partial charge in [-0.2, -0.15) is 0 Å². The lowest BCUT2D eigenvalue weighted by Crippen LogP contribution is -2.29. The van der Waals surface area contributed by atoms with Crippen molar-refractivity contribution in [2.24, 2.45) is 0 Å². The zero-order chi connectivity index (χ0) is 7.11. The van der Waals surface area contributed by atoms with Gasteiger partial charge in [-0.3, -0.25) is 0 Å². The van der Waals surface area contributed by atoms with E-state index in [0.717, 1.165) is 13.0 Å². The maximum atomic E-state index is 5.61. The van der Waals surface area contributed by atoms with Crippen LogP contribution in [-0.4, -0.2) is 18.5 Å². The molecule has 9 heavy (non-hydrogen) atoms. The molecule has 0 spiro atoms. The third-order valence-corrected chi connectivity index (χ3v) is 1.60. The van der Waals surface area contributed by atoms with E-state index in [1.165, 1.54) is 0 Å². The highest BCUT2D eigenvalue weighted by molar-refractivity contribution is 6.18. The summed E-state index contributed by atoms with van der Waals surface area (Å²) in [7, 11) is 0. The quantitative estimate of drug-likeness (QED) is 0.462. The van der Waals surface area contributed by atoms with E-state index in [0.29, 0.717) is 11.9 Å². The Bertz CT molecular complexity index is 69.3. The molecule has 0 aromatic heterocycles. The van der Waals surface area contributed by atoms with Gasteiger partial charge in [0.25, 0.3) is 0 Å². The normalized spacial score (nSPS) is 13.1. The van der Waals surface area contributed by atoms with Crippen LogP contribution < -0.4 is 5.32 Å². The lowest BCUT2D eigenvalue weighted by atomic mass is 10.2. The first-order chi connectivity index (χ1) is 4.35. The second kappa shape index (κ2) is 6.12. The van der Waals surface area contributed by atoms with Crippen molar-refractivity contribution in [2.75, 3.05) is 12.4 Å². The minimum absolute atomic E-state index is 0.449. The van der Waals surface area contributed by atoms with Crippen molar-refractivity contribution in [1.82, 2.24) is 5.32 Å². The van der Waals surface area contributed by atoms with Gasteiger partial charge in [-0.25, -0.2) is 0 Å². The summed E-state index contributed by atoms with van der Waals surface area (Å²) in [4.78, 5) is 0. The molecule has 0 radical (unpaired) electrons. The summed E-state index contributed by atoms with van der Waals surface area (Å²) in [6.07, 6.45) is 2.92. The van der Waals surface area contributed by atoms with Crippen molar-refractivity contribution in [3.05, 3.63) is 12.7 Å². The van der Waals surface area contributed by atoms with Crippen molar-refractivity contribution >= 4 is 11.6 Å². The second-order valence-corrected chi connectivity index (χ2v) is 2.27. The van der Waals surface area contributed by atoms with E-state index in [1.54, 1.807) is 0 Å². The molecular formula is C7H14ClN. The number of hydrogen-bond acceptors (Lipinski definition) is 1. The molecule has 0 aromatic rings. The van der Waals surface area contributed by atoms with Crippen molar-refractivity contribution in [1.29, 1.82) is 0 Å². The van der Waals surface area contributed by atoms with Crippen LogP contribution in [0.15, 0.2) is 12.7 Å². The maximum Gasteiger partial charge on any atom is 0.0377 e. The highest BCUT2D eigenvalue weighted by Gasteiger charge is 1.99. The molecule has 1 nitrogen and oxygen atoms in total. The maximum absolute atomic E-state index is 5.61. The first-order valence-electron chi connectivity index (χ1n) is 3.25. The standard InChI is InChI=1S/C7H14ClN/c1-3-5-9-7(4-2)6-8/h3,7,9H,1,4-6H2,2H3. The molecule has 0 saturated carbocycles. The Balaban J connectivity index is 3.19. The molecule has 0 heterocycles. The van der Waals surface area contributed by atoms with Gasteiger partial charge in [0.05, 0.1) is 0 Å². The second-order valence-electron chi connectivity index (χ2n) is 1.96. The van der Waals surface area contributed by atoms with Crippen LogP contribution in [0, 0.1) is 0 Å². The molecule has 0 rings (SSSR count). The third-order valence-electron chi connectivity index (χ3n) is 1.23. The van der Waals surface area contributed by atoms with Gasteiger partial charge in [0.1, 0.15) is 0 Å². The van der Waals surface area contributed by atoms with Gasteiger partial charge < -0.3 is 5.32 Å². The summed E-state index contributed by atoms with van der Waals surface area (Å²) in [5, 5.41) is 3.22. The van der Waals surface area contributed by atoms with Gasteiger partial charge in [0, 0.05) is 18.5 Å². The van der Waals surface area contributed by atoms with E-state index >= 15 is 0 Å². The predicted octanol–water partition coefficient (Wildman–Crippen LogP) is 1.78. The summed E-state index contributed by atoms with van der Waals surface area (Å²) >= 11 is 5.61. The molecule has 0 aromatic carbocycles. The van der Waals surface area contributed by atoms with Crippen LogP contribution in [-0.2, 0) is 0 Å². The Morgan fingerprint density at radius 3 is 2.78 bits per heavy atom. The van der Waals surface area contributed by atoms with Crippen molar-refractivity contribution in [3.63, 3.8) is 0 Å². The van der Waals surface area contributed by atoms with Gasteiger partial charge >= 0.3 is 0 Å². The molecule has 0 bridgehead atoms. The topological polar surface area (TPSA) is 12.0 Å². The van der Waals surface area contributed by atoms with Crippen LogP contribution in [0.5, 0.6) is 0 Å². The average Bonchev–Trinajstić information content (AvgIpc) is 1.91. The predicted molar refractivity (Wildman–Crippen MR) is 43.0 cm³/mol. The molecule has 0 aliphatic heterocycles. The Morgan fingerprint density at radius 1 is 1.78 bits per heavy atom. The van der Waals surface area contributed by atoms with Crippen molar-refractivity contribution in [3.8, 4) is 0 Å². The summed E-state index contributed by atoms with van der Waals surface area (Å²) in [5.41, 5.74) is 0. The Labute approximate surface area is 62.1 Å². The van der Waals surface area contributed by atoms with E-state index in [9.17, 15) is 0 Å². The summed E-state index contributed by atoms with van der Waals surface area (Å²) < 4.78 is 0. The Hall–Kier alpha value is -0.0100. The summed E-state index contributed by atoms with van der Waals surface area (Å²) in [6.45, 7) is 6.56. The molecule has 0 amide bonds. The highest BCUT2D eigenvalue weighted by atomic mass is 35.5. The zero-order valence-corrected chi connectivity index (χ0v) is 6.62. The highest BCUT2D eigenvalue weighted by Crippen LogP contribution is 1.92. The fraction of sp³-hybridized carbons (Fsp3) is 0.714. The number of nitrogens with one attached hydrogen (secondary N) is 1. The van der Waals surface area contributed by atoms with Crippen molar-refractivity contribution in [2.45, 2.75) is 19.4 Å².